The van der Waals surface area contributed by atoms with Gasteiger partial charge in [-0.3, -0.25) is 4.90 Å². The second-order valence-electron chi connectivity index (χ2n) is 5.81. The van der Waals surface area contributed by atoms with Crippen LogP contribution in [0, 0.1) is 0 Å². The Morgan fingerprint density at radius 3 is 2.71 bits per heavy atom. The Bertz CT molecular complexity index is 549. The van der Waals surface area contributed by atoms with Gasteiger partial charge in [-0.2, -0.15) is 0 Å². The largest absolute Gasteiger partial charge is 0.465 e. The third-order valence-electron chi connectivity index (χ3n) is 4.15. The van der Waals surface area contributed by atoms with Gasteiger partial charge in [0.25, 0.3) is 0 Å². The van der Waals surface area contributed by atoms with Crippen molar-refractivity contribution in [1.82, 2.24) is 10.2 Å². The lowest BCUT2D eigenvalue weighted by atomic mass is 10.2. The molecule has 1 saturated heterocycles. The van der Waals surface area contributed by atoms with Crippen molar-refractivity contribution in [3.05, 3.63) is 59.5 Å². The zero-order valence-corrected chi connectivity index (χ0v) is 12.7. The zero-order chi connectivity index (χ0) is 14.5. The summed E-state index contributed by atoms with van der Waals surface area (Å²) < 4.78 is 5.74. The molecule has 3 heteroatoms. The van der Waals surface area contributed by atoms with E-state index >= 15 is 0 Å². The van der Waals surface area contributed by atoms with Gasteiger partial charge in [-0.25, -0.2) is 0 Å². The first-order valence-corrected chi connectivity index (χ1v) is 7.90. The number of likely N-dealkylation sites (tertiary alicyclic amines) is 1. The van der Waals surface area contributed by atoms with Crippen molar-refractivity contribution in [1.29, 1.82) is 0 Å². The van der Waals surface area contributed by atoms with E-state index in [4.69, 9.17) is 4.42 Å². The lowest BCUT2D eigenvalue weighted by Gasteiger charge is -2.16. The van der Waals surface area contributed by atoms with Crippen LogP contribution in [0.4, 0.5) is 0 Å². The van der Waals surface area contributed by atoms with Crippen molar-refractivity contribution >= 4 is 0 Å². The molecule has 112 valence electrons. The lowest BCUT2D eigenvalue weighted by Crippen LogP contribution is -2.31. The molecule has 1 atom stereocenters. The Hall–Kier alpha value is -1.58. The highest BCUT2D eigenvalue weighted by molar-refractivity contribution is 5.14. The molecule has 1 unspecified atom stereocenters. The lowest BCUT2D eigenvalue weighted by molar-refractivity contribution is 0.318. The quantitative estimate of drug-likeness (QED) is 0.883. The number of rotatable bonds is 6. The van der Waals surface area contributed by atoms with Gasteiger partial charge in [0, 0.05) is 32.1 Å². The minimum atomic E-state index is 0.573. The molecular formula is C18H24N2O. The van der Waals surface area contributed by atoms with Crippen LogP contribution in [0.25, 0.3) is 0 Å². The van der Waals surface area contributed by atoms with E-state index < -0.39 is 0 Å². The van der Waals surface area contributed by atoms with E-state index in [1.807, 2.05) is 0 Å². The Morgan fingerprint density at radius 1 is 1.14 bits per heavy atom. The molecule has 0 aliphatic carbocycles. The molecule has 0 spiro atoms. The maximum atomic E-state index is 5.74. The fraction of sp³-hybridized carbons (Fsp3) is 0.444. The van der Waals surface area contributed by atoms with Crippen molar-refractivity contribution in [3.63, 3.8) is 0 Å². The molecule has 0 saturated carbocycles. The zero-order valence-electron chi connectivity index (χ0n) is 12.7. The van der Waals surface area contributed by atoms with Crippen molar-refractivity contribution in [2.24, 2.45) is 0 Å². The van der Waals surface area contributed by atoms with Crippen LogP contribution in [0.1, 0.15) is 30.4 Å². The average molecular weight is 284 g/mol. The number of hydrogen-bond donors (Lipinski definition) is 1. The summed E-state index contributed by atoms with van der Waals surface area (Å²) in [5.41, 5.74) is 1.40. The number of benzene rings is 1. The highest BCUT2D eigenvalue weighted by Gasteiger charge is 2.22. The van der Waals surface area contributed by atoms with E-state index in [0.717, 1.165) is 37.6 Å². The molecule has 1 N–H and O–H groups in total. The summed E-state index contributed by atoms with van der Waals surface area (Å²) in [6.07, 6.45) is 2.18. The molecule has 2 heterocycles. The van der Waals surface area contributed by atoms with Gasteiger partial charge >= 0.3 is 0 Å². The average Bonchev–Trinajstić information content (AvgIpc) is 3.15. The maximum absolute atomic E-state index is 5.74. The minimum Gasteiger partial charge on any atom is -0.465 e. The predicted molar refractivity (Wildman–Crippen MR) is 85.0 cm³/mol. The molecule has 1 aliphatic rings. The highest BCUT2D eigenvalue weighted by Crippen LogP contribution is 2.14. The van der Waals surface area contributed by atoms with E-state index in [1.54, 1.807) is 0 Å². The third kappa shape index (κ3) is 3.96. The van der Waals surface area contributed by atoms with E-state index in [-0.39, 0.29) is 0 Å². The maximum Gasteiger partial charge on any atom is 0.117 e. The third-order valence-corrected chi connectivity index (χ3v) is 4.15. The SMILES string of the molecule is CCc1ccc(CNC2CCN(Cc3ccccc3)C2)o1. The molecule has 2 aromatic rings. The number of aryl methyl sites for hydroxylation is 1. The molecule has 3 rings (SSSR count). The van der Waals surface area contributed by atoms with Crippen molar-refractivity contribution < 1.29 is 4.42 Å². The molecule has 1 aliphatic heterocycles. The van der Waals surface area contributed by atoms with Crippen molar-refractivity contribution in [3.8, 4) is 0 Å². The number of nitrogens with one attached hydrogen (secondary N) is 1. The van der Waals surface area contributed by atoms with E-state index in [0.29, 0.717) is 6.04 Å². The molecule has 3 nitrogen and oxygen atoms in total. The molecule has 0 amide bonds. The first-order valence-electron chi connectivity index (χ1n) is 7.90. The minimum absolute atomic E-state index is 0.573. The second kappa shape index (κ2) is 6.92. The van der Waals surface area contributed by atoms with E-state index in [9.17, 15) is 0 Å². The van der Waals surface area contributed by atoms with E-state index in [2.05, 4.69) is 59.6 Å². The van der Waals surface area contributed by atoms with Crippen LogP contribution in [0.2, 0.25) is 0 Å². The van der Waals surface area contributed by atoms with Gasteiger partial charge in [-0.15, -0.1) is 0 Å². The van der Waals surface area contributed by atoms with Crippen LogP contribution in [0.15, 0.2) is 46.9 Å². The number of furan rings is 1. The number of hydrogen-bond acceptors (Lipinski definition) is 3. The summed E-state index contributed by atoms with van der Waals surface area (Å²) in [6, 6.07) is 15.4. The molecule has 1 fully saturated rings. The monoisotopic (exact) mass is 284 g/mol. The van der Waals surface area contributed by atoms with Crippen LogP contribution in [0.5, 0.6) is 0 Å². The summed E-state index contributed by atoms with van der Waals surface area (Å²) in [6.45, 7) is 6.30. The van der Waals surface area contributed by atoms with Gasteiger partial charge < -0.3 is 9.73 Å². The van der Waals surface area contributed by atoms with Gasteiger partial charge in [-0.1, -0.05) is 37.3 Å². The molecule has 21 heavy (non-hydrogen) atoms. The normalized spacial score (nSPS) is 19.2. The summed E-state index contributed by atoms with van der Waals surface area (Å²) in [4.78, 5) is 2.52. The van der Waals surface area contributed by atoms with Gasteiger partial charge in [0.2, 0.25) is 0 Å². The van der Waals surface area contributed by atoms with Crippen molar-refractivity contribution in [2.45, 2.75) is 38.9 Å². The highest BCUT2D eigenvalue weighted by atomic mass is 16.3. The Kier molecular flexibility index (Phi) is 4.73. The fourth-order valence-corrected chi connectivity index (χ4v) is 2.94. The Morgan fingerprint density at radius 2 is 1.95 bits per heavy atom. The molecular weight excluding hydrogens is 260 g/mol. The van der Waals surface area contributed by atoms with Gasteiger partial charge in [0.1, 0.15) is 11.5 Å². The molecule has 0 bridgehead atoms. The van der Waals surface area contributed by atoms with E-state index in [1.165, 1.54) is 18.5 Å². The summed E-state index contributed by atoms with van der Waals surface area (Å²) in [7, 11) is 0. The molecule has 1 aromatic heterocycles. The number of nitrogens with zero attached hydrogens (tertiary/aromatic N) is 1. The fourth-order valence-electron chi connectivity index (χ4n) is 2.94. The standard InChI is InChI=1S/C18H24N2O/c1-2-17-8-9-18(21-17)12-19-16-10-11-20(14-16)13-15-6-4-3-5-7-15/h3-9,16,19H,2,10-14H2,1H3. The van der Waals surface area contributed by atoms with Gasteiger partial charge in [0.05, 0.1) is 6.54 Å². The van der Waals surface area contributed by atoms with Crippen LogP contribution in [-0.2, 0) is 19.5 Å². The van der Waals surface area contributed by atoms with Gasteiger partial charge in [0.15, 0.2) is 0 Å². The van der Waals surface area contributed by atoms with Gasteiger partial charge in [-0.05, 0) is 24.1 Å². The smallest absolute Gasteiger partial charge is 0.117 e. The first kappa shape index (κ1) is 14.4. The Labute approximate surface area is 127 Å². The second-order valence-corrected chi connectivity index (χ2v) is 5.81. The molecule has 0 radical (unpaired) electrons. The summed E-state index contributed by atoms with van der Waals surface area (Å²) >= 11 is 0. The van der Waals surface area contributed by atoms with Crippen molar-refractivity contribution in [2.75, 3.05) is 13.1 Å². The predicted octanol–water partition coefficient (Wildman–Crippen LogP) is 3.21. The van der Waals surface area contributed by atoms with Crippen LogP contribution in [-0.4, -0.2) is 24.0 Å². The van der Waals surface area contributed by atoms with Crippen LogP contribution >= 0.6 is 0 Å². The summed E-state index contributed by atoms with van der Waals surface area (Å²) in [5.74, 6) is 2.12. The Balaban J connectivity index is 1.44. The first-order chi connectivity index (χ1) is 10.3. The molecule has 1 aromatic carbocycles. The van der Waals surface area contributed by atoms with Crippen LogP contribution in [0.3, 0.4) is 0 Å². The van der Waals surface area contributed by atoms with Crippen LogP contribution < -0.4 is 5.32 Å². The topological polar surface area (TPSA) is 28.4 Å². The summed E-state index contributed by atoms with van der Waals surface area (Å²) in [5, 5.41) is 3.62.